The number of aromatic nitrogens is 1. The molecule has 2 aliphatic rings. The summed E-state index contributed by atoms with van der Waals surface area (Å²) in [7, 11) is 0. The monoisotopic (exact) mass is 578 g/mol. The predicted octanol–water partition coefficient (Wildman–Crippen LogP) is 5.27. The summed E-state index contributed by atoms with van der Waals surface area (Å²) >= 11 is 0. The van der Waals surface area contributed by atoms with Gasteiger partial charge in [0.25, 0.3) is 0 Å². The number of anilines is 1. The summed E-state index contributed by atoms with van der Waals surface area (Å²) in [6.45, 7) is 8.19. The van der Waals surface area contributed by atoms with Crippen LogP contribution in [0.5, 0.6) is 0 Å². The van der Waals surface area contributed by atoms with E-state index in [0.29, 0.717) is 19.0 Å². The third-order valence-corrected chi connectivity index (χ3v) is 9.04. The normalized spacial score (nSPS) is 17.8. The number of benzene rings is 3. The molecule has 3 amide bonds. The lowest BCUT2D eigenvalue weighted by Crippen LogP contribution is -2.53. The number of carbonyl (C=O) groups is 2. The molecule has 3 heterocycles. The van der Waals surface area contributed by atoms with Crippen LogP contribution in [0.15, 0.2) is 85.1 Å². The van der Waals surface area contributed by atoms with Crippen LogP contribution in [0.3, 0.4) is 0 Å². The highest BCUT2D eigenvalue weighted by atomic mass is 16.2. The van der Waals surface area contributed by atoms with Gasteiger partial charge in [-0.05, 0) is 53.6 Å². The van der Waals surface area contributed by atoms with E-state index in [4.69, 9.17) is 0 Å². The fourth-order valence-electron chi connectivity index (χ4n) is 6.53. The fraction of sp³-hybridized carbons (Fsp3) is 0.371. The highest BCUT2D eigenvalue weighted by Crippen LogP contribution is 2.30. The average molecular weight is 579 g/mol. The van der Waals surface area contributed by atoms with Crippen molar-refractivity contribution in [3.63, 3.8) is 0 Å². The molecule has 224 valence electrons. The van der Waals surface area contributed by atoms with Crippen LogP contribution in [0.25, 0.3) is 10.9 Å². The van der Waals surface area contributed by atoms with E-state index in [1.807, 2.05) is 60.5 Å². The van der Waals surface area contributed by atoms with E-state index in [1.165, 1.54) is 5.56 Å². The molecule has 2 atom stereocenters. The number of likely N-dealkylation sites (tertiary alicyclic amines) is 1. The molecule has 2 fully saturated rings. The van der Waals surface area contributed by atoms with E-state index in [1.54, 1.807) is 0 Å². The number of aromatic amines is 1. The maximum Gasteiger partial charge on any atom is 0.318 e. The number of piperidine rings is 1. The summed E-state index contributed by atoms with van der Waals surface area (Å²) in [5.41, 5.74) is 5.25. The number of para-hydroxylation sites is 1. The summed E-state index contributed by atoms with van der Waals surface area (Å²) in [4.78, 5) is 35.2. The third kappa shape index (κ3) is 6.92. The minimum atomic E-state index is -0.754. The lowest BCUT2D eigenvalue weighted by molar-refractivity contribution is -0.118. The van der Waals surface area contributed by atoms with Crippen LogP contribution in [0.2, 0.25) is 0 Å². The second-order valence-electron chi connectivity index (χ2n) is 11.9. The quantitative estimate of drug-likeness (QED) is 0.229. The molecule has 0 bridgehead atoms. The number of urea groups is 1. The number of nitrogens with one attached hydrogen (secondary N) is 4. The number of nitrogens with zero attached hydrogens (tertiary/aromatic N) is 2. The number of fused-ring (bicyclic) bond motifs is 1. The van der Waals surface area contributed by atoms with E-state index in [0.717, 1.165) is 73.3 Å². The Morgan fingerprint density at radius 3 is 2.44 bits per heavy atom. The van der Waals surface area contributed by atoms with Gasteiger partial charge < -0.3 is 25.8 Å². The molecule has 0 saturated carbocycles. The van der Waals surface area contributed by atoms with E-state index >= 15 is 0 Å². The highest BCUT2D eigenvalue weighted by molar-refractivity contribution is 5.98. The minimum absolute atomic E-state index is 0.189. The van der Waals surface area contributed by atoms with Gasteiger partial charge in [-0.3, -0.25) is 9.69 Å². The first kappa shape index (κ1) is 29.0. The summed E-state index contributed by atoms with van der Waals surface area (Å²) in [6.07, 6.45) is 3.78. The average Bonchev–Trinajstić information content (AvgIpc) is 3.49. The minimum Gasteiger partial charge on any atom is -0.361 e. The molecular formula is C35H42N6O2. The van der Waals surface area contributed by atoms with Crippen molar-refractivity contribution in [2.45, 2.75) is 44.2 Å². The van der Waals surface area contributed by atoms with E-state index in [2.05, 4.69) is 62.2 Å². The number of H-pyrrole nitrogens is 1. The van der Waals surface area contributed by atoms with Crippen molar-refractivity contribution in [3.05, 3.63) is 102 Å². The first-order valence-corrected chi connectivity index (χ1v) is 15.5. The molecule has 0 aliphatic carbocycles. The molecule has 0 spiro atoms. The fourth-order valence-corrected chi connectivity index (χ4v) is 6.53. The Morgan fingerprint density at radius 2 is 1.65 bits per heavy atom. The standard InChI is InChI=1S/C35H42N6O2/c1-25(31-23-37-32-13-6-5-12-30(31)32)33(39-35(43)41-18-14-28(15-19-41)27-9-3-2-4-10-27)34(42)38-29-11-7-8-26(22-29)24-40-20-16-36-17-21-40/h2-13,22-23,25,28,33,36-37H,14-21,24H2,1H3,(H,38,42)(H,39,43). The molecule has 0 radical (unpaired) electrons. The van der Waals surface area contributed by atoms with Crippen LogP contribution < -0.4 is 16.0 Å². The lowest BCUT2D eigenvalue weighted by atomic mass is 9.89. The maximum atomic E-state index is 14.0. The van der Waals surface area contributed by atoms with Gasteiger partial charge in [0.1, 0.15) is 6.04 Å². The lowest BCUT2D eigenvalue weighted by Gasteiger charge is -2.34. The molecule has 8 heteroatoms. The van der Waals surface area contributed by atoms with Gasteiger partial charge in [-0.15, -0.1) is 0 Å². The van der Waals surface area contributed by atoms with Crippen LogP contribution in [-0.2, 0) is 11.3 Å². The molecule has 6 rings (SSSR count). The molecule has 2 unspecified atom stereocenters. The summed E-state index contributed by atoms with van der Waals surface area (Å²) in [6, 6.07) is 25.7. The summed E-state index contributed by atoms with van der Waals surface area (Å²) in [5, 5.41) is 10.7. The van der Waals surface area contributed by atoms with Gasteiger partial charge in [-0.1, -0.05) is 67.6 Å². The van der Waals surface area contributed by atoms with E-state index in [-0.39, 0.29) is 17.9 Å². The zero-order valence-corrected chi connectivity index (χ0v) is 24.9. The smallest absolute Gasteiger partial charge is 0.318 e. The number of rotatable bonds is 8. The second kappa shape index (κ2) is 13.4. The summed E-state index contributed by atoms with van der Waals surface area (Å²) in [5.74, 6) is -0.0291. The van der Waals surface area contributed by atoms with Crippen LogP contribution in [-0.4, -0.2) is 72.0 Å². The molecule has 3 aromatic carbocycles. The van der Waals surface area contributed by atoms with Gasteiger partial charge in [0.05, 0.1) is 0 Å². The molecule has 4 aromatic rings. The highest BCUT2D eigenvalue weighted by Gasteiger charge is 2.32. The molecule has 2 saturated heterocycles. The van der Waals surface area contributed by atoms with Gasteiger partial charge in [0, 0.05) is 74.5 Å². The molecule has 4 N–H and O–H groups in total. The van der Waals surface area contributed by atoms with Crippen molar-refractivity contribution >= 4 is 28.5 Å². The van der Waals surface area contributed by atoms with Crippen molar-refractivity contribution in [2.75, 3.05) is 44.6 Å². The topological polar surface area (TPSA) is 92.5 Å². The first-order chi connectivity index (χ1) is 21.0. The SMILES string of the molecule is CC(c1c[nH]c2ccccc12)C(NC(=O)N1CCC(c2ccccc2)CC1)C(=O)Nc1cccc(CN2CCNCC2)c1. The van der Waals surface area contributed by atoms with Crippen molar-refractivity contribution in [3.8, 4) is 0 Å². The Labute approximate surface area is 253 Å². The Bertz CT molecular complexity index is 1520. The van der Waals surface area contributed by atoms with Crippen LogP contribution >= 0.6 is 0 Å². The van der Waals surface area contributed by atoms with Crippen molar-refractivity contribution in [1.82, 2.24) is 25.4 Å². The first-order valence-electron chi connectivity index (χ1n) is 15.5. The van der Waals surface area contributed by atoms with Gasteiger partial charge in [-0.25, -0.2) is 4.79 Å². The predicted molar refractivity (Wildman–Crippen MR) is 172 cm³/mol. The Morgan fingerprint density at radius 1 is 0.907 bits per heavy atom. The van der Waals surface area contributed by atoms with Crippen molar-refractivity contribution < 1.29 is 9.59 Å². The molecule has 43 heavy (non-hydrogen) atoms. The van der Waals surface area contributed by atoms with Crippen LogP contribution in [0, 0.1) is 0 Å². The Hall–Kier alpha value is -4.14. The zero-order chi connectivity index (χ0) is 29.6. The number of amides is 3. The van der Waals surface area contributed by atoms with Crippen molar-refractivity contribution in [1.29, 1.82) is 0 Å². The molecular weight excluding hydrogens is 536 g/mol. The third-order valence-electron chi connectivity index (χ3n) is 9.04. The van der Waals surface area contributed by atoms with Crippen LogP contribution in [0.1, 0.15) is 48.3 Å². The van der Waals surface area contributed by atoms with Gasteiger partial charge in [0.15, 0.2) is 0 Å². The van der Waals surface area contributed by atoms with Crippen molar-refractivity contribution in [2.24, 2.45) is 0 Å². The number of carbonyl (C=O) groups excluding carboxylic acids is 2. The van der Waals surface area contributed by atoms with E-state index < -0.39 is 6.04 Å². The zero-order valence-electron chi connectivity index (χ0n) is 24.9. The Balaban J connectivity index is 1.18. The molecule has 2 aliphatic heterocycles. The van der Waals surface area contributed by atoms with Gasteiger partial charge in [0.2, 0.25) is 5.91 Å². The van der Waals surface area contributed by atoms with Gasteiger partial charge in [-0.2, -0.15) is 0 Å². The molecule has 8 nitrogen and oxygen atoms in total. The number of hydrogen-bond donors (Lipinski definition) is 4. The molecule has 1 aromatic heterocycles. The number of hydrogen-bond acceptors (Lipinski definition) is 4. The van der Waals surface area contributed by atoms with E-state index in [9.17, 15) is 9.59 Å². The largest absolute Gasteiger partial charge is 0.361 e. The second-order valence-corrected chi connectivity index (χ2v) is 11.9. The van der Waals surface area contributed by atoms with Crippen LogP contribution in [0.4, 0.5) is 10.5 Å². The Kier molecular flexibility index (Phi) is 9.05. The summed E-state index contributed by atoms with van der Waals surface area (Å²) < 4.78 is 0. The maximum absolute atomic E-state index is 14.0. The number of piperazine rings is 1. The van der Waals surface area contributed by atoms with Gasteiger partial charge >= 0.3 is 6.03 Å².